The van der Waals surface area contributed by atoms with Crippen molar-refractivity contribution in [1.82, 2.24) is 10.6 Å². The van der Waals surface area contributed by atoms with Gasteiger partial charge in [-0.25, -0.2) is 9.59 Å². The van der Waals surface area contributed by atoms with Gasteiger partial charge in [0.05, 0.1) is 20.3 Å². The number of esters is 1. The van der Waals surface area contributed by atoms with Crippen LogP contribution < -0.4 is 15.4 Å². The molecule has 0 unspecified atom stereocenters. The van der Waals surface area contributed by atoms with E-state index in [1.54, 1.807) is 59.1 Å². The van der Waals surface area contributed by atoms with Crippen LogP contribution in [0.2, 0.25) is 0 Å². The van der Waals surface area contributed by atoms with Gasteiger partial charge in [-0.2, -0.15) is 0 Å². The van der Waals surface area contributed by atoms with Gasteiger partial charge < -0.3 is 24.8 Å². The highest BCUT2D eigenvalue weighted by Gasteiger charge is 2.30. The summed E-state index contributed by atoms with van der Waals surface area (Å²) in [5.74, 6) is 11.0. The molecule has 36 heavy (non-hydrogen) atoms. The molecule has 2 aromatic rings. The summed E-state index contributed by atoms with van der Waals surface area (Å²) >= 11 is 0. The molecule has 0 bridgehead atoms. The van der Waals surface area contributed by atoms with E-state index in [2.05, 4.69) is 34.3 Å². The number of methoxy groups -OCH3 is 2. The van der Waals surface area contributed by atoms with E-state index in [9.17, 15) is 14.4 Å². The molecule has 2 atom stereocenters. The van der Waals surface area contributed by atoms with Crippen molar-refractivity contribution in [2.24, 2.45) is 0 Å². The molecule has 0 saturated heterocycles. The summed E-state index contributed by atoms with van der Waals surface area (Å²) in [6, 6.07) is 11.9. The Hall–Kier alpha value is -4.43. The highest BCUT2D eigenvalue weighted by molar-refractivity contribution is 5.97. The van der Waals surface area contributed by atoms with E-state index >= 15 is 0 Å². The Morgan fingerprint density at radius 1 is 0.833 bits per heavy atom. The molecule has 0 heterocycles. The second kappa shape index (κ2) is 12.9. The van der Waals surface area contributed by atoms with E-state index < -0.39 is 35.7 Å². The largest absolute Gasteiger partial charge is 0.497 e. The zero-order valence-corrected chi connectivity index (χ0v) is 21.2. The maximum absolute atomic E-state index is 12.7. The minimum Gasteiger partial charge on any atom is -0.497 e. The lowest BCUT2D eigenvalue weighted by molar-refractivity contribution is -0.143. The standard InChI is InChI=1S/C28H30N2O6/c1-19(29-27(33)36-28(2,3)4)24(26(32)35-6)30-25(31)22-15-11-20(12-16-22)9-7-8-10-21-13-17-23(34-5)18-14-21/h11-19,24H,1-6H3,(H,29,33)(H,30,31)/t19-,24+/m1/s1. The molecule has 0 aliphatic heterocycles. The number of benzene rings is 2. The van der Waals surface area contributed by atoms with Gasteiger partial charge in [-0.3, -0.25) is 4.79 Å². The Bertz CT molecular complexity index is 1190. The molecule has 2 rings (SSSR count). The predicted molar refractivity (Wildman–Crippen MR) is 135 cm³/mol. The van der Waals surface area contributed by atoms with Crippen molar-refractivity contribution in [3.63, 3.8) is 0 Å². The fraction of sp³-hybridized carbons (Fsp3) is 0.321. The molecule has 0 aliphatic rings. The molecule has 0 saturated carbocycles. The van der Waals surface area contributed by atoms with Crippen LogP contribution in [0.3, 0.4) is 0 Å². The van der Waals surface area contributed by atoms with Crippen LogP contribution >= 0.6 is 0 Å². The van der Waals surface area contributed by atoms with Crippen LogP contribution in [0.15, 0.2) is 48.5 Å². The molecule has 0 aliphatic carbocycles. The molecular weight excluding hydrogens is 460 g/mol. The molecule has 0 radical (unpaired) electrons. The monoisotopic (exact) mass is 490 g/mol. The van der Waals surface area contributed by atoms with Gasteiger partial charge in [-0.1, -0.05) is 11.8 Å². The van der Waals surface area contributed by atoms with E-state index in [0.717, 1.165) is 11.3 Å². The zero-order valence-electron chi connectivity index (χ0n) is 21.2. The summed E-state index contributed by atoms with van der Waals surface area (Å²) in [4.78, 5) is 37.1. The van der Waals surface area contributed by atoms with Crippen LogP contribution in [0, 0.1) is 23.7 Å². The predicted octanol–water partition coefficient (Wildman–Crippen LogP) is 3.28. The lowest BCUT2D eigenvalue weighted by Gasteiger charge is -2.26. The summed E-state index contributed by atoms with van der Waals surface area (Å²) in [6.45, 7) is 6.73. The molecule has 2 N–H and O–H groups in total. The van der Waals surface area contributed by atoms with E-state index in [1.165, 1.54) is 7.11 Å². The van der Waals surface area contributed by atoms with Crippen LogP contribution in [0.1, 0.15) is 49.2 Å². The number of carbonyl (C=O) groups is 3. The normalized spacial score (nSPS) is 11.8. The highest BCUT2D eigenvalue weighted by atomic mass is 16.6. The van der Waals surface area contributed by atoms with Crippen LogP contribution in [0.5, 0.6) is 5.75 Å². The molecule has 0 fully saturated rings. The average molecular weight is 491 g/mol. The molecule has 0 spiro atoms. The Labute approximate surface area is 211 Å². The van der Waals surface area contributed by atoms with Gasteiger partial charge in [0.25, 0.3) is 5.91 Å². The van der Waals surface area contributed by atoms with Gasteiger partial charge in [0.1, 0.15) is 17.4 Å². The number of amides is 2. The Morgan fingerprint density at radius 2 is 1.36 bits per heavy atom. The van der Waals surface area contributed by atoms with Gasteiger partial charge in [-0.15, -0.1) is 0 Å². The van der Waals surface area contributed by atoms with Crippen LogP contribution in [-0.4, -0.2) is 49.9 Å². The fourth-order valence-electron chi connectivity index (χ4n) is 2.90. The summed E-state index contributed by atoms with van der Waals surface area (Å²) in [5, 5.41) is 5.15. The van der Waals surface area contributed by atoms with Crippen molar-refractivity contribution in [1.29, 1.82) is 0 Å². The molecule has 188 valence electrons. The van der Waals surface area contributed by atoms with Crippen LogP contribution in [0.25, 0.3) is 0 Å². The summed E-state index contributed by atoms with van der Waals surface area (Å²) in [7, 11) is 2.80. The maximum atomic E-state index is 12.7. The van der Waals surface area contributed by atoms with Gasteiger partial charge in [0.2, 0.25) is 0 Å². The number of rotatable bonds is 6. The second-order valence-electron chi connectivity index (χ2n) is 8.72. The van der Waals surface area contributed by atoms with Gasteiger partial charge in [0, 0.05) is 16.7 Å². The zero-order chi connectivity index (χ0) is 26.7. The summed E-state index contributed by atoms with van der Waals surface area (Å²) in [6.07, 6.45) is -0.712. The molecule has 0 aromatic heterocycles. The van der Waals surface area contributed by atoms with E-state index in [0.29, 0.717) is 11.1 Å². The van der Waals surface area contributed by atoms with Crippen molar-refractivity contribution in [2.45, 2.75) is 45.4 Å². The Balaban J connectivity index is 2.03. The fourth-order valence-corrected chi connectivity index (χ4v) is 2.90. The third-order valence-electron chi connectivity index (χ3n) is 4.70. The topological polar surface area (TPSA) is 103 Å². The second-order valence-corrected chi connectivity index (χ2v) is 8.72. The van der Waals surface area contributed by atoms with E-state index in [4.69, 9.17) is 14.2 Å². The van der Waals surface area contributed by atoms with Gasteiger partial charge >= 0.3 is 12.1 Å². The average Bonchev–Trinajstić information content (AvgIpc) is 2.84. The van der Waals surface area contributed by atoms with Crippen molar-refractivity contribution in [3.05, 3.63) is 65.2 Å². The molecule has 8 heteroatoms. The lowest BCUT2D eigenvalue weighted by atomic mass is 10.1. The molecule has 8 nitrogen and oxygen atoms in total. The summed E-state index contributed by atoms with van der Waals surface area (Å²) < 4.78 is 15.1. The number of alkyl carbamates (subject to hydrolysis) is 1. The molecule has 2 aromatic carbocycles. The van der Waals surface area contributed by atoms with Crippen LogP contribution in [-0.2, 0) is 14.3 Å². The first-order chi connectivity index (χ1) is 17.0. The minimum atomic E-state index is -1.12. The minimum absolute atomic E-state index is 0.309. The van der Waals surface area contributed by atoms with Crippen molar-refractivity contribution in [2.75, 3.05) is 14.2 Å². The quantitative estimate of drug-likeness (QED) is 0.476. The number of hydrogen-bond donors (Lipinski definition) is 2. The maximum Gasteiger partial charge on any atom is 0.407 e. The molecular formula is C28H30N2O6. The number of nitrogens with one attached hydrogen (secondary N) is 2. The van der Waals surface area contributed by atoms with E-state index in [-0.39, 0.29) is 0 Å². The first-order valence-corrected chi connectivity index (χ1v) is 11.2. The molecule has 2 amide bonds. The first kappa shape index (κ1) is 27.8. The van der Waals surface area contributed by atoms with Crippen molar-refractivity contribution < 1.29 is 28.6 Å². The smallest absolute Gasteiger partial charge is 0.407 e. The van der Waals surface area contributed by atoms with Gasteiger partial charge in [-0.05, 0) is 88.1 Å². The number of ether oxygens (including phenoxy) is 3. The van der Waals surface area contributed by atoms with Crippen molar-refractivity contribution in [3.8, 4) is 29.4 Å². The van der Waals surface area contributed by atoms with Crippen molar-refractivity contribution >= 4 is 18.0 Å². The lowest BCUT2D eigenvalue weighted by Crippen LogP contribution is -2.55. The number of carbonyl (C=O) groups excluding carboxylic acids is 3. The number of hydrogen-bond acceptors (Lipinski definition) is 6. The Morgan fingerprint density at radius 3 is 1.83 bits per heavy atom. The highest BCUT2D eigenvalue weighted by Crippen LogP contribution is 2.11. The van der Waals surface area contributed by atoms with Gasteiger partial charge in [0.15, 0.2) is 0 Å². The summed E-state index contributed by atoms with van der Waals surface area (Å²) in [5.41, 5.74) is 1.08. The van der Waals surface area contributed by atoms with E-state index in [1.807, 2.05) is 24.3 Å². The third-order valence-corrected chi connectivity index (χ3v) is 4.70. The third kappa shape index (κ3) is 9.08. The Kier molecular flexibility index (Phi) is 9.94. The SMILES string of the molecule is COC(=O)[C@@H](NC(=O)c1ccc(C#CC#Cc2ccc(OC)cc2)cc1)[C@@H](C)NC(=O)OC(C)(C)C. The van der Waals surface area contributed by atoms with Crippen LogP contribution in [0.4, 0.5) is 4.79 Å². The first-order valence-electron chi connectivity index (χ1n) is 11.2.